The Labute approximate surface area is 55.4 Å². The predicted octanol–water partition coefficient (Wildman–Crippen LogP) is -0.427. The van der Waals surface area contributed by atoms with Gasteiger partial charge in [-0.05, 0) is 6.92 Å². The number of hydrogen-bond acceptors (Lipinski definition) is 2. The van der Waals surface area contributed by atoms with E-state index in [4.69, 9.17) is 0 Å². The number of carbonyl (C=O) groups excluding carboxylic acids is 1. The number of ether oxygens (including phenoxy) is 1. The van der Waals surface area contributed by atoms with E-state index in [9.17, 15) is 4.79 Å². The van der Waals surface area contributed by atoms with Gasteiger partial charge in [0, 0.05) is 6.61 Å². The maximum absolute atomic E-state index is 9.44. The summed E-state index contributed by atoms with van der Waals surface area (Å²) in [6.07, 6.45) is 0.740. The summed E-state index contributed by atoms with van der Waals surface area (Å²) in [4.78, 5) is 9.44. The van der Waals surface area contributed by atoms with Crippen LogP contribution in [0.25, 0.3) is 0 Å². The van der Waals surface area contributed by atoms with Gasteiger partial charge in [0.25, 0.3) is 0 Å². The van der Waals surface area contributed by atoms with E-state index >= 15 is 0 Å². The molecule has 0 fully saturated rings. The molecule has 0 spiro atoms. The molecule has 7 heavy (non-hydrogen) atoms. The van der Waals surface area contributed by atoms with Crippen molar-refractivity contribution >= 4 is 25.1 Å². The van der Waals surface area contributed by atoms with Gasteiger partial charge in [0.1, 0.15) is 12.9 Å². The molecule has 0 aromatic rings. The van der Waals surface area contributed by atoms with Crippen molar-refractivity contribution in [2.45, 2.75) is 6.92 Å². The molecule has 0 aliphatic heterocycles. The third-order valence-electron chi connectivity index (χ3n) is 0.390. The van der Waals surface area contributed by atoms with Crippen molar-refractivity contribution in [3.8, 4) is 0 Å². The topological polar surface area (TPSA) is 26.3 Å². The standard InChI is InChI=1S/C4H8O2.Li.H/c1-2-6-4-3-5;;/h3H,2,4H2,1H3;;. The second-order valence-electron chi connectivity index (χ2n) is 0.826. The quantitative estimate of drug-likeness (QED) is 0.271. The van der Waals surface area contributed by atoms with Gasteiger partial charge in [-0.25, -0.2) is 0 Å². The second-order valence-corrected chi connectivity index (χ2v) is 0.826. The Balaban J connectivity index is 0. The van der Waals surface area contributed by atoms with Crippen molar-refractivity contribution in [1.82, 2.24) is 0 Å². The zero-order valence-corrected chi connectivity index (χ0v) is 3.81. The summed E-state index contributed by atoms with van der Waals surface area (Å²) in [5.41, 5.74) is 0. The van der Waals surface area contributed by atoms with Crippen molar-refractivity contribution in [1.29, 1.82) is 0 Å². The molecule has 0 aromatic carbocycles. The monoisotopic (exact) mass is 96.1 g/mol. The first-order valence-corrected chi connectivity index (χ1v) is 1.93. The van der Waals surface area contributed by atoms with E-state index < -0.39 is 0 Å². The molecule has 0 unspecified atom stereocenters. The SMILES string of the molecule is CCOCC=O.[LiH]. The van der Waals surface area contributed by atoms with Crippen molar-refractivity contribution in [2.24, 2.45) is 0 Å². The van der Waals surface area contributed by atoms with Crippen molar-refractivity contribution < 1.29 is 9.53 Å². The van der Waals surface area contributed by atoms with Crippen molar-refractivity contribution in [3.63, 3.8) is 0 Å². The Morgan fingerprint density at radius 2 is 2.29 bits per heavy atom. The molecule has 0 atom stereocenters. The van der Waals surface area contributed by atoms with Crippen LogP contribution in [0.5, 0.6) is 0 Å². The van der Waals surface area contributed by atoms with Gasteiger partial charge in [-0.1, -0.05) is 0 Å². The fourth-order valence-corrected chi connectivity index (χ4v) is 0.166. The molecule has 0 heterocycles. The van der Waals surface area contributed by atoms with E-state index in [1.54, 1.807) is 0 Å². The van der Waals surface area contributed by atoms with E-state index in [1.807, 2.05) is 6.92 Å². The molecule has 0 aliphatic carbocycles. The van der Waals surface area contributed by atoms with Crippen LogP contribution in [0.4, 0.5) is 0 Å². The molecule has 38 valence electrons. The van der Waals surface area contributed by atoms with Crippen LogP contribution >= 0.6 is 0 Å². The van der Waals surface area contributed by atoms with Crippen LogP contribution in [-0.4, -0.2) is 38.4 Å². The third-order valence-corrected chi connectivity index (χ3v) is 0.390. The summed E-state index contributed by atoms with van der Waals surface area (Å²) in [7, 11) is 0. The van der Waals surface area contributed by atoms with E-state index in [0.29, 0.717) is 6.61 Å². The van der Waals surface area contributed by atoms with Gasteiger partial charge in [0.15, 0.2) is 0 Å². The predicted molar refractivity (Wildman–Crippen MR) is 29.7 cm³/mol. The van der Waals surface area contributed by atoms with Crippen LogP contribution in [0.3, 0.4) is 0 Å². The van der Waals surface area contributed by atoms with E-state index in [1.165, 1.54) is 0 Å². The Morgan fingerprint density at radius 3 is 2.43 bits per heavy atom. The summed E-state index contributed by atoms with van der Waals surface area (Å²) in [6, 6.07) is 0. The van der Waals surface area contributed by atoms with Gasteiger partial charge in [-0.2, -0.15) is 0 Å². The molecule has 0 N–H and O–H groups in total. The number of aldehydes is 1. The molecule has 0 aliphatic rings. The summed E-state index contributed by atoms with van der Waals surface area (Å²) in [5, 5.41) is 0. The minimum atomic E-state index is 0. The fourth-order valence-electron chi connectivity index (χ4n) is 0.166. The van der Waals surface area contributed by atoms with Crippen LogP contribution < -0.4 is 0 Å². The molecule has 0 radical (unpaired) electrons. The Morgan fingerprint density at radius 1 is 1.71 bits per heavy atom. The molecule has 0 saturated heterocycles. The third kappa shape index (κ3) is 10.7. The van der Waals surface area contributed by atoms with Crippen LogP contribution in [0.1, 0.15) is 6.92 Å². The molecular formula is C4H9LiO2. The summed E-state index contributed by atoms with van der Waals surface area (Å²) in [5.74, 6) is 0. The Bertz CT molecular complexity index is 38.7. The number of carbonyl (C=O) groups is 1. The maximum atomic E-state index is 9.44. The average molecular weight is 96.1 g/mol. The fraction of sp³-hybridized carbons (Fsp3) is 0.750. The zero-order chi connectivity index (χ0) is 4.83. The van der Waals surface area contributed by atoms with Gasteiger partial charge < -0.3 is 9.53 Å². The summed E-state index contributed by atoms with van der Waals surface area (Å²) < 4.78 is 4.61. The van der Waals surface area contributed by atoms with Crippen LogP contribution in [0, 0.1) is 0 Å². The molecule has 0 aromatic heterocycles. The molecule has 2 nitrogen and oxygen atoms in total. The van der Waals surface area contributed by atoms with Gasteiger partial charge in [-0.15, -0.1) is 0 Å². The Kier molecular flexibility index (Phi) is 14.0. The van der Waals surface area contributed by atoms with Gasteiger partial charge in [0.05, 0.1) is 0 Å². The zero-order valence-electron chi connectivity index (χ0n) is 3.81. The van der Waals surface area contributed by atoms with Gasteiger partial charge >= 0.3 is 18.9 Å². The second kappa shape index (κ2) is 9.52. The number of hydrogen-bond donors (Lipinski definition) is 0. The normalized spacial score (nSPS) is 7.00. The Hall–Kier alpha value is 0.227. The summed E-state index contributed by atoms with van der Waals surface area (Å²) in [6.45, 7) is 2.71. The van der Waals surface area contributed by atoms with E-state index in [-0.39, 0.29) is 25.5 Å². The molecule has 0 saturated carbocycles. The van der Waals surface area contributed by atoms with E-state index in [2.05, 4.69) is 4.74 Å². The first-order chi connectivity index (χ1) is 2.91. The molecule has 0 rings (SSSR count). The first kappa shape index (κ1) is 10.3. The average Bonchev–Trinajstić information content (AvgIpc) is 1.61. The minimum absolute atomic E-state index is 0. The molecule has 0 bridgehead atoms. The number of rotatable bonds is 3. The van der Waals surface area contributed by atoms with E-state index in [0.717, 1.165) is 6.29 Å². The molecular weight excluding hydrogens is 87.0 g/mol. The van der Waals surface area contributed by atoms with Crippen LogP contribution in [0.2, 0.25) is 0 Å². The van der Waals surface area contributed by atoms with Gasteiger partial charge in [-0.3, -0.25) is 0 Å². The van der Waals surface area contributed by atoms with Crippen LogP contribution in [-0.2, 0) is 9.53 Å². The van der Waals surface area contributed by atoms with Crippen molar-refractivity contribution in [3.05, 3.63) is 0 Å². The van der Waals surface area contributed by atoms with Gasteiger partial charge in [0.2, 0.25) is 0 Å². The molecule has 0 amide bonds. The first-order valence-electron chi connectivity index (χ1n) is 1.93. The summed E-state index contributed by atoms with van der Waals surface area (Å²) >= 11 is 0. The van der Waals surface area contributed by atoms with Crippen LogP contribution in [0.15, 0.2) is 0 Å². The molecule has 3 heteroatoms. The van der Waals surface area contributed by atoms with Crippen molar-refractivity contribution in [2.75, 3.05) is 13.2 Å².